The van der Waals surface area contributed by atoms with Crippen LogP contribution in [-0.2, 0) is 20.1 Å². The molecule has 0 amide bonds. The van der Waals surface area contributed by atoms with Crippen LogP contribution < -0.4 is 0 Å². The molecule has 0 N–H and O–H groups in total. The third-order valence-corrected chi connectivity index (χ3v) is 5.99. The van der Waals surface area contributed by atoms with Crippen molar-refractivity contribution < 1.29 is 24.5 Å². The van der Waals surface area contributed by atoms with Crippen molar-refractivity contribution in [3.8, 4) is 22.5 Å². The van der Waals surface area contributed by atoms with E-state index in [1.807, 2.05) is 61.7 Å². The molecule has 0 bridgehead atoms. The fraction of sp³-hybridized carbons (Fsp3) is 0.156. The van der Waals surface area contributed by atoms with Gasteiger partial charge >= 0.3 is 0 Å². The predicted molar refractivity (Wildman–Crippen MR) is 146 cm³/mol. The van der Waals surface area contributed by atoms with Crippen molar-refractivity contribution in [3.05, 3.63) is 114 Å². The third kappa shape index (κ3) is 5.85. The number of hydrogen-bond acceptors (Lipinski definition) is 4. The maximum atomic E-state index is 6.05. The standard InChI is InChI=1S/C19H15N2O.C13H12N.Ir/c1-12(2)16-10-9-14-13-6-5-7-15(17-8-3-4-11-20-17)18(13)22-19(14)21-16;1-10-3-6-12(7-4-10)13-8-5-11(2)9-14-13;/h3-6,8-12H,1-2H3;3-6,8-9H,1-2H3;/q2*-1;. The second-order valence-corrected chi connectivity index (χ2v) is 9.16. The van der Waals surface area contributed by atoms with Crippen molar-refractivity contribution >= 4 is 22.1 Å². The van der Waals surface area contributed by atoms with Crippen LogP contribution in [0, 0.1) is 26.0 Å². The van der Waals surface area contributed by atoms with Crippen LogP contribution in [0.4, 0.5) is 0 Å². The summed E-state index contributed by atoms with van der Waals surface area (Å²) in [7, 11) is 0. The predicted octanol–water partition coefficient (Wildman–Crippen LogP) is 8.13. The van der Waals surface area contributed by atoms with E-state index in [-0.39, 0.29) is 20.1 Å². The summed E-state index contributed by atoms with van der Waals surface area (Å²) in [6, 6.07) is 30.6. The van der Waals surface area contributed by atoms with Gasteiger partial charge < -0.3 is 14.4 Å². The second-order valence-electron chi connectivity index (χ2n) is 9.16. The van der Waals surface area contributed by atoms with Crippen molar-refractivity contribution in [2.75, 3.05) is 0 Å². The number of hydrogen-bond donors (Lipinski definition) is 0. The average Bonchev–Trinajstić information content (AvgIpc) is 3.29. The number of aromatic nitrogens is 3. The molecule has 0 unspecified atom stereocenters. The van der Waals surface area contributed by atoms with Gasteiger partial charge in [-0.25, -0.2) is 4.98 Å². The van der Waals surface area contributed by atoms with Crippen molar-refractivity contribution in [2.45, 2.75) is 33.6 Å². The fourth-order valence-electron chi connectivity index (χ4n) is 3.95. The third-order valence-electron chi connectivity index (χ3n) is 5.99. The Labute approximate surface area is 231 Å². The van der Waals surface area contributed by atoms with E-state index in [2.05, 4.69) is 72.1 Å². The van der Waals surface area contributed by atoms with Crippen LogP contribution in [0.3, 0.4) is 0 Å². The van der Waals surface area contributed by atoms with Crippen molar-refractivity contribution in [1.29, 1.82) is 0 Å². The summed E-state index contributed by atoms with van der Waals surface area (Å²) in [6.45, 7) is 8.35. The Balaban J connectivity index is 0.000000186. The molecule has 6 rings (SSSR count). The minimum Gasteiger partial charge on any atom is -0.486 e. The molecule has 2 aromatic carbocycles. The monoisotopic (exact) mass is 662 g/mol. The Bertz CT molecular complexity index is 1560. The quantitative estimate of drug-likeness (QED) is 0.180. The van der Waals surface area contributed by atoms with Crippen LogP contribution in [0.15, 0.2) is 89.6 Å². The van der Waals surface area contributed by atoms with Gasteiger partial charge in [0.25, 0.3) is 0 Å². The van der Waals surface area contributed by atoms with Crippen LogP contribution in [0.2, 0.25) is 0 Å². The number of rotatable bonds is 3. The Morgan fingerprint density at radius 3 is 2.30 bits per heavy atom. The molecule has 6 aromatic rings. The molecule has 4 heterocycles. The van der Waals surface area contributed by atoms with Crippen molar-refractivity contribution in [2.24, 2.45) is 0 Å². The summed E-state index contributed by atoms with van der Waals surface area (Å²) in [5.41, 5.74) is 8.68. The Kier molecular flexibility index (Phi) is 8.27. The number of pyridine rings is 3. The van der Waals surface area contributed by atoms with Crippen LogP contribution in [0.1, 0.15) is 36.6 Å². The Hall–Kier alpha value is -3.66. The zero-order valence-electron chi connectivity index (χ0n) is 21.2. The SMILES string of the molecule is CC(C)c1ccc2c(n1)oc1c(-c3ccccn3)[c-]ccc12.Cc1c[c-]c(-c2ccc(C)cn2)cc1.[Ir]. The van der Waals surface area contributed by atoms with Gasteiger partial charge in [-0.2, -0.15) is 0 Å². The van der Waals surface area contributed by atoms with Gasteiger partial charge in [-0.15, -0.1) is 53.6 Å². The molecule has 0 aliphatic heterocycles. The van der Waals surface area contributed by atoms with Gasteiger partial charge in [0.15, 0.2) is 0 Å². The molecule has 0 fully saturated rings. The van der Waals surface area contributed by atoms with E-state index in [1.165, 1.54) is 11.1 Å². The maximum Gasteiger partial charge on any atom is 0.216 e. The molecule has 0 spiro atoms. The summed E-state index contributed by atoms with van der Waals surface area (Å²) in [6.07, 6.45) is 3.66. The largest absolute Gasteiger partial charge is 0.486 e. The minimum absolute atomic E-state index is 0. The maximum absolute atomic E-state index is 6.05. The molecule has 187 valence electrons. The molecular weight excluding hydrogens is 635 g/mol. The first kappa shape index (κ1) is 26.4. The summed E-state index contributed by atoms with van der Waals surface area (Å²) in [5, 5.41) is 2.09. The van der Waals surface area contributed by atoms with Crippen LogP contribution in [0.5, 0.6) is 0 Å². The number of benzene rings is 2. The summed E-state index contributed by atoms with van der Waals surface area (Å²) < 4.78 is 6.05. The number of aryl methyl sites for hydroxylation is 2. The zero-order chi connectivity index (χ0) is 25.1. The smallest absolute Gasteiger partial charge is 0.216 e. The van der Waals surface area contributed by atoms with Crippen LogP contribution >= 0.6 is 0 Å². The van der Waals surface area contributed by atoms with Gasteiger partial charge in [0, 0.05) is 43.6 Å². The normalized spacial score (nSPS) is 10.7. The number of fused-ring (bicyclic) bond motifs is 3. The van der Waals surface area contributed by atoms with Gasteiger partial charge in [-0.05, 0) is 48.0 Å². The van der Waals surface area contributed by atoms with Crippen molar-refractivity contribution in [3.63, 3.8) is 0 Å². The molecule has 37 heavy (non-hydrogen) atoms. The van der Waals surface area contributed by atoms with Crippen molar-refractivity contribution in [1.82, 2.24) is 15.0 Å². The summed E-state index contributed by atoms with van der Waals surface area (Å²) in [4.78, 5) is 13.4. The van der Waals surface area contributed by atoms with Gasteiger partial charge in [0.05, 0.1) is 5.58 Å². The second kappa shape index (κ2) is 11.6. The van der Waals surface area contributed by atoms with E-state index in [4.69, 9.17) is 4.42 Å². The topological polar surface area (TPSA) is 51.8 Å². The fourth-order valence-corrected chi connectivity index (χ4v) is 3.95. The van der Waals surface area contributed by atoms with E-state index in [0.29, 0.717) is 11.6 Å². The molecule has 0 saturated carbocycles. The molecule has 4 aromatic heterocycles. The zero-order valence-corrected chi connectivity index (χ0v) is 23.6. The molecule has 0 atom stereocenters. The van der Waals surface area contributed by atoms with E-state index in [9.17, 15) is 0 Å². The minimum atomic E-state index is 0. The summed E-state index contributed by atoms with van der Waals surface area (Å²) in [5.74, 6) is 0.374. The Morgan fingerprint density at radius 1 is 0.784 bits per heavy atom. The molecule has 1 radical (unpaired) electrons. The van der Waals surface area contributed by atoms with E-state index < -0.39 is 0 Å². The van der Waals surface area contributed by atoms with Gasteiger partial charge in [0.2, 0.25) is 5.71 Å². The van der Waals surface area contributed by atoms with E-state index >= 15 is 0 Å². The first-order valence-corrected chi connectivity index (χ1v) is 12.1. The Morgan fingerprint density at radius 2 is 1.62 bits per heavy atom. The van der Waals surface area contributed by atoms with Gasteiger partial charge in [0.1, 0.15) is 0 Å². The van der Waals surface area contributed by atoms with Gasteiger partial charge in [-0.1, -0.05) is 56.0 Å². The molecular formula is C32H27IrN3O-2. The van der Waals surface area contributed by atoms with E-state index in [0.717, 1.165) is 44.6 Å². The van der Waals surface area contributed by atoms with Crippen LogP contribution in [-0.4, -0.2) is 15.0 Å². The number of furan rings is 1. The van der Waals surface area contributed by atoms with E-state index in [1.54, 1.807) is 6.20 Å². The molecule has 4 nitrogen and oxygen atoms in total. The summed E-state index contributed by atoms with van der Waals surface area (Å²) >= 11 is 0. The van der Waals surface area contributed by atoms with Gasteiger partial charge in [-0.3, -0.25) is 0 Å². The average molecular weight is 662 g/mol. The van der Waals surface area contributed by atoms with Crippen LogP contribution in [0.25, 0.3) is 44.6 Å². The number of nitrogens with zero attached hydrogens (tertiary/aromatic N) is 3. The molecule has 0 saturated heterocycles. The first-order chi connectivity index (χ1) is 17.5. The first-order valence-electron chi connectivity index (χ1n) is 12.1. The molecule has 5 heteroatoms. The molecule has 0 aliphatic rings. The molecule has 0 aliphatic carbocycles.